The minimum absolute atomic E-state index is 0.0221. The number of hydrogen-bond acceptors (Lipinski definition) is 5. The molecule has 1 unspecified atom stereocenters. The average molecular weight is 391 g/mol. The lowest BCUT2D eigenvalue weighted by molar-refractivity contribution is -0.132. The van der Waals surface area contributed by atoms with Gasteiger partial charge in [0.2, 0.25) is 5.91 Å². The molecule has 0 N–H and O–H groups in total. The lowest BCUT2D eigenvalue weighted by Crippen LogP contribution is -2.49. The summed E-state index contributed by atoms with van der Waals surface area (Å²) in [5.41, 5.74) is 0.941. The van der Waals surface area contributed by atoms with E-state index in [2.05, 4.69) is 4.90 Å². The summed E-state index contributed by atoms with van der Waals surface area (Å²) in [6, 6.07) is 12.4. The quantitative estimate of drug-likeness (QED) is 0.706. The molecule has 0 aliphatic carbocycles. The Bertz CT molecular complexity index is 790. The van der Waals surface area contributed by atoms with Crippen LogP contribution in [0.25, 0.3) is 0 Å². The lowest BCUT2D eigenvalue weighted by atomic mass is 10.2. The Hall–Kier alpha value is -2.45. The standard InChI is InChI=1S/C19H21FN2O4S/c20-15-1-5-17(6-2-15)26-14-9-19(23)22-12-10-21(11-13-22)16-3-7-18(8-4-16)27(24)25/h1-8H,9-14H2,(H,24,25)/p-1. The van der Waals surface area contributed by atoms with Gasteiger partial charge in [0.25, 0.3) is 0 Å². The summed E-state index contributed by atoms with van der Waals surface area (Å²) < 4.78 is 40.1. The zero-order valence-corrected chi connectivity index (χ0v) is 15.5. The molecule has 2 aromatic carbocycles. The maximum absolute atomic E-state index is 12.8. The summed E-state index contributed by atoms with van der Waals surface area (Å²) >= 11 is -2.22. The van der Waals surface area contributed by atoms with Crippen molar-refractivity contribution in [3.8, 4) is 5.75 Å². The molecule has 0 saturated carbocycles. The van der Waals surface area contributed by atoms with Crippen molar-refractivity contribution in [2.75, 3.05) is 37.7 Å². The Balaban J connectivity index is 1.43. The Morgan fingerprint density at radius 2 is 1.67 bits per heavy atom. The molecule has 1 fully saturated rings. The molecule has 1 atom stereocenters. The molecule has 6 nitrogen and oxygen atoms in total. The van der Waals surface area contributed by atoms with Gasteiger partial charge < -0.3 is 19.1 Å². The number of hydrogen-bond donors (Lipinski definition) is 0. The largest absolute Gasteiger partial charge is 0.768 e. The third-order valence-corrected chi connectivity index (χ3v) is 5.08. The molecule has 27 heavy (non-hydrogen) atoms. The zero-order valence-electron chi connectivity index (χ0n) is 14.7. The van der Waals surface area contributed by atoms with Crippen LogP contribution in [0.5, 0.6) is 5.75 Å². The monoisotopic (exact) mass is 391 g/mol. The lowest BCUT2D eigenvalue weighted by Gasteiger charge is -2.36. The third kappa shape index (κ3) is 5.27. The van der Waals surface area contributed by atoms with Gasteiger partial charge in [-0.15, -0.1) is 0 Å². The zero-order chi connectivity index (χ0) is 19.2. The molecule has 2 aromatic rings. The SMILES string of the molecule is O=C(CCOc1ccc(F)cc1)N1CCN(c2ccc(S(=O)[O-])cc2)CC1. The number of benzene rings is 2. The van der Waals surface area contributed by atoms with Crippen LogP contribution in [-0.2, 0) is 15.9 Å². The van der Waals surface area contributed by atoms with Gasteiger partial charge in [-0.05, 0) is 59.6 Å². The van der Waals surface area contributed by atoms with Crippen molar-refractivity contribution in [2.45, 2.75) is 11.3 Å². The summed E-state index contributed by atoms with van der Waals surface area (Å²) in [5.74, 6) is 0.234. The van der Waals surface area contributed by atoms with Gasteiger partial charge in [0, 0.05) is 36.8 Å². The first-order chi connectivity index (χ1) is 13.0. The van der Waals surface area contributed by atoms with Gasteiger partial charge in [-0.2, -0.15) is 0 Å². The number of piperazine rings is 1. The van der Waals surface area contributed by atoms with Gasteiger partial charge in [-0.3, -0.25) is 9.00 Å². The van der Waals surface area contributed by atoms with E-state index in [4.69, 9.17) is 4.74 Å². The van der Waals surface area contributed by atoms with Crippen molar-refractivity contribution in [1.29, 1.82) is 0 Å². The number of nitrogens with zero attached hydrogens (tertiary/aromatic N) is 2. The smallest absolute Gasteiger partial charge is 0.226 e. The number of carbonyl (C=O) groups excluding carboxylic acids is 1. The number of ether oxygens (including phenoxy) is 1. The summed E-state index contributed by atoms with van der Waals surface area (Å²) in [7, 11) is 0. The van der Waals surface area contributed by atoms with Gasteiger partial charge >= 0.3 is 0 Å². The van der Waals surface area contributed by atoms with E-state index >= 15 is 0 Å². The van der Waals surface area contributed by atoms with Crippen LogP contribution in [0.2, 0.25) is 0 Å². The van der Waals surface area contributed by atoms with E-state index in [0.717, 1.165) is 5.69 Å². The molecule has 0 aromatic heterocycles. The highest BCUT2D eigenvalue weighted by Gasteiger charge is 2.21. The van der Waals surface area contributed by atoms with Crippen molar-refractivity contribution in [1.82, 2.24) is 4.90 Å². The fourth-order valence-electron chi connectivity index (χ4n) is 2.93. The topological polar surface area (TPSA) is 72.9 Å². The van der Waals surface area contributed by atoms with E-state index in [-0.39, 0.29) is 29.6 Å². The third-order valence-electron chi connectivity index (χ3n) is 4.42. The minimum atomic E-state index is -2.22. The van der Waals surface area contributed by atoms with Gasteiger partial charge in [-0.25, -0.2) is 4.39 Å². The Morgan fingerprint density at radius 3 is 2.26 bits per heavy atom. The molecule has 1 aliphatic heterocycles. The van der Waals surface area contributed by atoms with Crippen LogP contribution < -0.4 is 9.64 Å². The molecule has 0 radical (unpaired) electrons. The highest BCUT2D eigenvalue weighted by Crippen LogP contribution is 2.19. The number of anilines is 1. The first-order valence-corrected chi connectivity index (χ1v) is 9.71. The number of amides is 1. The van der Waals surface area contributed by atoms with E-state index in [1.54, 1.807) is 29.2 Å². The summed E-state index contributed by atoms with van der Waals surface area (Å²) in [6.07, 6.45) is 0.265. The molecule has 0 bridgehead atoms. The normalized spacial score (nSPS) is 15.5. The van der Waals surface area contributed by atoms with Crippen LogP contribution in [0.15, 0.2) is 53.4 Å². The molecular formula is C19H20FN2O4S-. The molecule has 144 valence electrons. The number of rotatable bonds is 6. The molecule has 0 spiro atoms. The van der Waals surface area contributed by atoms with Crippen molar-refractivity contribution in [2.24, 2.45) is 0 Å². The van der Waals surface area contributed by atoms with Crippen LogP contribution in [0.1, 0.15) is 6.42 Å². The van der Waals surface area contributed by atoms with Crippen molar-refractivity contribution >= 4 is 22.7 Å². The molecule has 3 rings (SSSR count). The molecule has 8 heteroatoms. The maximum Gasteiger partial charge on any atom is 0.226 e. The van der Waals surface area contributed by atoms with E-state index in [9.17, 15) is 17.9 Å². The predicted octanol–water partition coefficient (Wildman–Crippen LogP) is 2.18. The second-order valence-corrected chi connectivity index (χ2v) is 7.09. The van der Waals surface area contributed by atoms with Crippen LogP contribution in [0, 0.1) is 5.82 Å². The van der Waals surface area contributed by atoms with Crippen molar-refractivity contribution in [3.63, 3.8) is 0 Å². The second kappa shape index (κ2) is 8.96. The Labute approximate surface area is 159 Å². The second-order valence-electron chi connectivity index (χ2n) is 6.15. The average Bonchev–Trinajstić information content (AvgIpc) is 2.69. The molecule has 1 saturated heterocycles. The molecule has 1 heterocycles. The first kappa shape index (κ1) is 19.3. The minimum Gasteiger partial charge on any atom is -0.768 e. The van der Waals surface area contributed by atoms with Gasteiger partial charge in [0.15, 0.2) is 0 Å². The highest BCUT2D eigenvalue weighted by atomic mass is 32.2. The van der Waals surface area contributed by atoms with Gasteiger partial charge in [-0.1, -0.05) is 0 Å². The summed E-state index contributed by atoms with van der Waals surface area (Å²) in [4.78, 5) is 16.5. The fraction of sp³-hybridized carbons (Fsp3) is 0.316. The fourth-order valence-corrected chi connectivity index (χ4v) is 3.29. The van der Waals surface area contributed by atoms with Crippen LogP contribution in [0.3, 0.4) is 0 Å². The summed E-state index contributed by atoms with van der Waals surface area (Å²) in [6.45, 7) is 2.82. The predicted molar refractivity (Wildman–Crippen MR) is 98.9 cm³/mol. The van der Waals surface area contributed by atoms with Crippen LogP contribution >= 0.6 is 0 Å². The van der Waals surface area contributed by atoms with Crippen LogP contribution in [-0.4, -0.2) is 52.4 Å². The van der Waals surface area contributed by atoms with Crippen molar-refractivity contribution in [3.05, 3.63) is 54.3 Å². The highest BCUT2D eigenvalue weighted by molar-refractivity contribution is 7.79. The molecule has 1 aliphatic rings. The Kier molecular flexibility index (Phi) is 6.41. The van der Waals surface area contributed by atoms with E-state index in [0.29, 0.717) is 31.9 Å². The maximum atomic E-state index is 12.8. The number of halogens is 1. The molecular weight excluding hydrogens is 371 g/mol. The van der Waals surface area contributed by atoms with Gasteiger partial charge in [0.05, 0.1) is 13.0 Å². The van der Waals surface area contributed by atoms with Gasteiger partial charge in [0.1, 0.15) is 11.6 Å². The van der Waals surface area contributed by atoms with Crippen molar-refractivity contribution < 1.29 is 22.7 Å². The first-order valence-electron chi connectivity index (χ1n) is 8.63. The van der Waals surface area contributed by atoms with E-state index in [1.807, 2.05) is 0 Å². The Morgan fingerprint density at radius 1 is 1.04 bits per heavy atom. The summed E-state index contributed by atoms with van der Waals surface area (Å²) in [5, 5.41) is 0. The van der Waals surface area contributed by atoms with E-state index < -0.39 is 11.1 Å². The molecule has 1 amide bonds. The number of carbonyl (C=O) groups is 1. The van der Waals surface area contributed by atoms with E-state index in [1.165, 1.54) is 24.3 Å². The van der Waals surface area contributed by atoms with Crippen LogP contribution in [0.4, 0.5) is 10.1 Å².